The van der Waals surface area contributed by atoms with Gasteiger partial charge in [-0.25, -0.2) is 0 Å². The monoisotopic (exact) mass is 388 g/mol. The third-order valence-electron chi connectivity index (χ3n) is 5.09. The lowest BCUT2D eigenvalue weighted by Gasteiger charge is -2.33. The Morgan fingerprint density at radius 1 is 1.22 bits per heavy atom. The van der Waals surface area contributed by atoms with Gasteiger partial charge in [0.25, 0.3) is 5.22 Å². The Labute approximate surface area is 165 Å². The number of nitrogens with zero attached hydrogens (tertiary/aromatic N) is 4. The summed E-state index contributed by atoms with van der Waals surface area (Å²) in [5.74, 6) is 0.977. The summed E-state index contributed by atoms with van der Waals surface area (Å²) in [6.07, 6.45) is 3.39. The van der Waals surface area contributed by atoms with Crippen molar-refractivity contribution >= 4 is 23.4 Å². The molecule has 3 rings (SSSR count). The largest absolute Gasteiger partial charge is 0.411 e. The highest BCUT2D eigenvalue weighted by molar-refractivity contribution is 7.99. The third kappa shape index (κ3) is 4.83. The van der Waals surface area contributed by atoms with E-state index in [0.29, 0.717) is 22.9 Å². The fourth-order valence-corrected chi connectivity index (χ4v) is 4.11. The van der Waals surface area contributed by atoms with Crippen molar-refractivity contribution in [2.75, 3.05) is 30.3 Å². The summed E-state index contributed by atoms with van der Waals surface area (Å²) in [7, 11) is 0. The van der Waals surface area contributed by atoms with Crippen molar-refractivity contribution in [1.82, 2.24) is 15.1 Å². The molecule has 7 heteroatoms. The van der Waals surface area contributed by atoms with E-state index in [1.165, 1.54) is 23.9 Å². The van der Waals surface area contributed by atoms with Gasteiger partial charge in [0.2, 0.25) is 11.8 Å². The number of aromatic nitrogens is 2. The first-order valence-electron chi connectivity index (χ1n) is 9.73. The number of amides is 1. The average molecular weight is 389 g/mol. The molecule has 0 saturated carbocycles. The molecule has 146 valence electrons. The van der Waals surface area contributed by atoms with Crippen LogP contribution in [0.2, 0.25) is 0 Å². The summed E-state index contributed by atoms with van der Waals surface area (Å²) in [5.41, 5.74) is 2.07. The van der Waals surface area contributed by atoms with Gasteiger partial charge < -0.3 is 14.2 Å². The number of hydrogen-bond donors (Lipinski definition) is 0. The number of benzene rings is 1. The van der Waals surface area contributed by atoms with E-state index in [0.717, 1.165) is 38.0 Å². The molecular weight excluding hydrogens is 360 g/mol. The molecule has 1 saturated heterocycles. The van der Waals surface area contributed by atoms with Gasteiger partial charge >= 0.3 is 0 Å². The fraction of sp³-hybridized carbons (Fsp3) is 0.550. The minimum absolute atomic E-state index is 0.149. The summed E-state index contributed by atoms with van der Waals surface area (Å²) in [5, 5.41) is 8.65. The summed E-state index contributed by atoms with van der Waals surface area (Å²) in [4.78, 5) is 16.7. The zero-order valence-corrected chi connectivity index (χ0v) is 17.2. The summed E-state index contributed by atoms with van der Waals surface area (Å²) in [6, 6.07) is 8.46. The molecule has 1 atom stereocenters. The smallest absolute Gasteiger partial charge is 0.277 e. The van der Waals surface area contributed by atoms with Crippen LogP contribution in [0.1, 0.15) is 40.0 Å². The Bertz CT molecular complexity index is 743. The number of carbonyl (C=O) groups excluding carboxylic acids is 1. The molecule has 0 aliphatic carbocycles. The van der Waals surface area contributed by atoms with Crippen LogP contribution in [0.5, 0.6) is 0 Å². The first-order chi connectivity index (χ1) is 13.1. The predicted octanol–water partition coefficient (Wildman–Crippen LogP) is 4.08. The Balaban J connectivity index is 1.59. The van der Waals surface area contributed by atoms with E-state index in [-0.39, 0.29) is 5.91 Å². The maximum atomic E-state index is 12.4. The average Bonchev–Trinajstić information content (AvgIpc) is 3.17. The van der Waals surface area contributed by atoms with Crippen molar-refractivity contribution < 1.29 is 9.21 Å². The van der Waals surface area contributed by atoms with E-state index in [4.69, 9.17) is 4.42 Å². The zero-order chi connectivity index (χ0) is 19.2. The van der Waals surface area contributed by atoms with Gasteiger partial charge in [-0.3, -0.25) is 4.79 Å². The zero-order valence-electron chi connectivity index (χ0n) is 16.4. The van der Waals surface area contributed by atoms with E-state index < -0.39 is 0 Å². The first-order valence-corrected chi connectivity index (χ1v) is 10.7. The third-order valence-corrected chi connectivity index (χ3v) is 5.89. The van der Waals surface area contributed by atoms with E-state index in [1.54, 1.807) is 0 Å². The van der Waals surface area contributed by atoms with Crippen LogP contribution in [0, 0.1) is 0 Å². The summed E-state index contributed by atoms with van der Waals surface area (Å²) < 4.78 is 5.74. The van der Waals surface area contributed by atoms with E-state index in [2.05, 4.69) is 48.0 Å². The molecule has 6 nitrogen and oxygen atoms in total. The standard InChI is InChI=1S/C20H28N4O2S/c1-4-23(5-2)17-11-9-16(10-12-17)19-21-22-20(26-19)27-14-18(25)24-13-7-6-8-15(24)3/h9-12,15H,4-8,13-14H2,1-3H3. The number of hydrogen-bond acceptors (Lipinski definition) is 6. The Morgan fingerprint density at radius 2 is 1.96 bits per heavy atom. The highest BCUT2D eigenvalue weighted by atomic mass is 32.2. The predicted molar refractivity (Wildman–Crippen MR) is 109 cm³/mol. The molecule has 2 heterocycles. The normalized spacial score (nSPS) is 17.1. The van der Waals surface area contributed by atoms with Crippen molar-refractivity contribution in [2.45, 2.75) is 51.3 Å². The van der Waals surface area contributed by atoms with Crippen molar-refractivity contribution in [1.29, 1.82) is 0 Å². The van der Waals surface area contributed by atoms with Crippen LogP contribution in [0.4, 0.5) is 5.69 Å². The summed E-state index contributed by atoms with van der Waals surface area (Å²) >= 11 is 1.32. The number of likely N-dealkylation sites (tertiary alicyclic amines) is 1. The van der Waals surface area contributed by atoms with Gasteiger partial charge in [-0.1, -0.05) is 11.8 Å². The van der Waals surface area contributed by atoms with Crippen molar-refractivity contribution in [3.63, 3.8) is 0 Å². The number of thioether (sulfide) groups is 1. The number of piperidine rings is 1. The topological polar surface area (TPSA) is 62.5 Å². The maximum Gasteiger partial charge on any atom is 0.277 e. The molecule has 1 amide bonds. The molecule has 0 N–H and O–H groups in total. The molecule has 1 aliphatic heterocycles. The molecule has 0 bridgehead atoms. The molecule has 1 unspecified atom stereocenters. The van der Waals surface area contributed by atoms with E-state index in [9.17, 15) is 4.79 Å². The lowest BCUT2D eigenvalue weighted by Crippen LogP contribution is -2.42. The lowest BCUT2D eigenvalue weighted by molar-refractivity contribution is -0.131. The Kier molecular flexibility index (Phi) is 6.77. The van der Waals surface area contributed by atoms with Gasteiger partial charge in [0.15, 0.2) is 0 Å². The molecule has 0 radical (unpaired) electrons. The van der Waals surface area contributed by atoms with Gasteiger partial charge in [-0.15, -0.1) is 10.2 Å². The molecule has 27 heavy (non-hydrogen) atoms. The van der Waals surface area contributed by atoms with Crippen LogP contribution < -0.4 is 4.90 Å². The molecular formula is C20H28N4O2S. The van der Waals surface area contributed by atoms with Crippen LogP contribution in [0.15, 0.2) is 33.9 Å². The SMILES string of the molecule is CCN(CC)c1ccc(-c2nnc(SCC(=O)N3CCCCC3C)o2)cc1. The van der Waals surface area contributed by atoms with Gasteiger partial charge in [0, 0.05) is 36.9 Å². The highest BCUT2D eigenvalue weighted by Crippen LogP contribution is 2.26. The van der Waals surface area contributed by atoms with Crippen LogP contribution in [0.3, 0.4) is 0 Å². The fourth-order valence-electron chi connectivity index (χ4n) is 3.46. The highest BCUT2D eigenvalue weighted by Gasteiger charge is 2.23. The van der Waals surface area contributed by atoms with Crippen molar-refractivity contribution in [3.8, 4) is 11.5 Å². The quantitative estimate of drug-likeness (QED) is 0.666. The lowest BCUT2D eigenvalue weighted by atomic mass is 10.0. The minimum Gasteiger partial charge on any atom is -0.411 e. The van der Waals surface area contributed by atoms with E-state index >= 15 is 0 Å². The number of rotatable bonds is 7. The molecule has 1 aliphatic rings. The van der Waals surface area contributed by atoms with Crippen LogP contribution >= 0.6 is 11.8 Å². The summed E-state index contributed by atoms with van der Waals surface area (Å²) in [6.45, 7) is 9.21. The van der Waals surface area contributed by atoms with Crippen molar-refractivity contribution in [2.24, 2.45) is 0 Å². The van der Waals surface area contributed by atoms with Gasteiger partial charge in [-0.2, -0.15) is 0 Å². The second-order valence-electron chi connectivity index (χ2n) is 6.81. The Morgan fingerprint density at radius 3 is 2.63 bits per heavy atom. The van der Waals surface area contributed by atoms with Gasteiger partial charge in [0.1, 0.15) is 0 Å². The second kappa shape index (κ2) is 9.26. The molecule has 1 aromatic heterocycles. The Hall–Kier alpha value is -2.02. The second-order valence-corrected chi connectivity index (χ2v) is 7.74. The van der Waals surface area contributed by atoms with Crippen molar-refractivity contribution in [3.05, 3.63) is 24.3 Å². The van der Waals surface area contributed by atoms with Gasteiger partial charge in [0.05, 0.1) is 5.75 Å². The minimum atomic E-state index is 0.149. The molecule has 0 spiro atoms. The number of carbonyl (C=O) groups is 1. The van der Waals surface area contributed by atoms with Crippen LogP contribution in [0.25, 0.3) is 11.5 Å². The first kappa shape index (κ1) is 19.7. The van der Waals surface area contributed by atoms with Gasteiger partial charge in [-0.05, 0) is 64.3 Å². The van der Waals surface area contributed by atoms with E-state index in [1.807, 2.05) is 17.0 Å². The molecule has 2 aromatic rings. The van der Waals surface area contributed by atoms with Crippen LogP contribution in [-0.4, -0.2) is 52.4 Å². The number of anilines is 1. The molecule has 1 fully saturated rings. The van der Waals surface area contributed by atoms with Crippen LogP contribution in [-0.2, 0) is 4.79 Å². The molecule has 1 aromatic carbocycles. The maximum absolute atomic E-state index is 12.4.